The highest BCUT2D eigenvalue weighted by Crippen LogP contribution is 2.21. The molecule has 4 nitrogen and oxygen atoms in total. The fourth-order valence-electron chi connectivity index (χ4n) is 2.89. The molecular formula is C17H21N3O. The molecule has 1 saturated heterocycles. The number of para-hydroxylation sites is 1. The van der Waals surface area contributed by atoms with Crippen molar-refractivity contribution in [1.82, 2.24) is 9.88 Å². The maximum atomic E-state index is 12.2. The number of benzene rings is 1. The van der Waals surface area contributed by atoms with Gasteiger partial charge in [0.2, 0.25) is 5.91 Å². The van der Waals surface area contributed by atoms with Crippen LogP contribution < -0.4 is 5.73 Å². The fourth-order valence-corrected chi connectivity index (χ4v) is 2.89. The van der Waals surface area contributed by atoms with Crippen molar-refractivity contribution in [2.75, 3.05) is 12.3 Å². The average molecular weight is 283 g/mol. The standard InChI is InChI=1S/C17H21N3O/c18-17-14(11-13-7-4-5-8-15(13)19-17)12-20-10-6-2-1-3-9-16(20)21/h4-5,7-8,11H,1-3,6,9-10,12H2,(H2,18,19). The number of hydrogen-bond donors (Lipinski definition) is 1. The average Bonchev–Trinajstić information content (AvgIpc) is 2.47. The zero-order valence-corrected chi connectivity index (χ0v) is 12.2. The molecule has 3 rings (SSSR count). The highest BCUT2D eigenvalue weighted by Gasteiger charge is 2.17. The van der Waals surface area contributed by atoms with E-state index < -0.39 is 0 Å². The monoisotopic (exact) mass is 283 g/mol. The maximum absolute atomic E-state index is 12.2. The molecule has 0 bridgehead atoms. The quantitative estimate of drug-likeness (QED) is 0.921. The molecule has 1 amide bonds. The molecule has 4 heteroatoms. The van der Waals surface area contributed by atoms with Gasteiger partial charge < -0.3 is 10.6 Å². The number of rotatable bonds is 2. The first-order chi connectivity index (χ1) is 10.2. The lowest BCUT2D eigenvalue weighted by molar-refractivity contribution is -0.132. The molecule has 21 heavy (non-hydrogen) atoms. The number of anilines is 1. The third kappa shape index (κ3) is 3.15. The molecule has 110 valence electrons. The molecule has 0 aliphatic carbocycles. The molecule has 1 aliphatic heterocycles. The van der Waals surface area contributed by atoms with Gasteiger partial charge >= 0.3 is 0 Å². The van der Waals surface area contributed by atoms with Gasteiger partial charge in [-0.25, -0.2) is 4.98 Å². The first-order valence-corrected chi connectivity index (χ1v) is 7.66. The van der Waals surface area contributed by atoms with Gasteiger partial charge in [-0.2, -0.15) is 0 Å². The van der Waals surface area contributed by atoms with E-state index in [0.717, 1.165) is 35.9 Å². The van der Waals surface area contributed by atoms with E-state index in [9.17, 15) is 4.79 Å². The van der Waals surface area contributed by atoms with E-state index >= 15 is 0 Å². The second kappa shape index (κ2) is 6.12. The van der Waals surface area contributed by atoms with Gasteiger partial charge in [-0.3, -0.25) is 4.79 Å². The third-order valence-electron chi connectivity index (χ3n) is 4.12. The molecule has 1 aliphatic rings. The molecular weight excluding hydrogens is 262 g/mol. The van der Waals surface area contributed by atoms with Crippen molar-refractivity contribution in [3.8, 4) is 0 Å². The second-order valence-corrected chi connectivity index (χ2v) is 5.70. The van der Waals surface area contributed by atoms with Crippen molar-refractivity contribution in [1.29, 1.82) is 0 Å². The van der Waals surface area contributed by atoms with Gasteiger partial charge in [-0.1, -0.05) is 31.0 Å². The van der Waals surface area contributed by atoms with Gasteiger partial charge in [-0.15, -0.1) is 0 Å². The summed E-state index contributed by atoms with van der Waals surface area (Å²) in [6, 6.07) is 9.99. The fraction of sp³-hybridized carbons (Fsp3) is 0.412. The third-order valence-corrected chi connectivity index (χ3v) is 4.12. The minimum atomic E-state index is 0.238. The molecule has 0 radical (unpaired) electrons. The van der Waals surface area contributed by atoms with Crippen LogP contribution in [0.1, 0.15) is 37.7 Å². The summed E-state index contributed by atoms with van der Waals surface area (Å²) < 4.78 is 0. The first-order valence-electron chi connectivity index (χ1n) is 7.66. The Hall–Kier alpha value is -2.10. The predicted octanol–water partition coefficient (Wildman–Crippen LogP) is 3.11. The van der Waals surface area contributed by atoms with E-state index in [-0.39, 0.29) is 5.91 Å². The molecule has 1 aromatic carbocycles. The van der Waals surface area contributed by atoms with Crippen molar-refractivity contribution < 1.29 is 4.79 Å². The minimum absolute atomic E-state index is 0.238. The number of aromatic nitrogens is 1. The largest absolute Gasteiger partial charge is 0.383 e. The molecule has 1 fully saturated rings. The Bertz CT molecular complexity index is 654. The van der Waals surface area contributed by atoms with Crippen molar-refractivity contribution in [2.45, 2.75) is 38.6 Å². The van der Waals surface area contributed by atoms with Crippen LogP contribution in [-0.2, 0) is 11.3 Å². The van der Waals surface area contributed by atoms with Gasteiger partial charge in [0.1, 0.15) is 5.82 Å². The van der Waals surface area contributed by atoms with Crippen molar-refractivity contribution >= 4 is 22.6 Å². The molecule has 0 atom stereocenters. The van der Waals surface area contributed by atoms with Crippen LogP contribution in [0.15, 0.2) is 30.3 Å². The van der Waals surface area contributed by atoms with Crippen molar-refractivity contribution in [3.05, 3.63) is 35.9 Å². The van der Waals surface area contributed by atoms with E-state index in [1.54, 1.807) is 0 Å². The number of fused-ring (bicyclic) bond motifs is 1. The van der Waals surface area contributed by atoms with Crippen LogP contribution in [0.4, 0.5) is 5.82 Å². The lowest BCUT2D eigenvalue weighted by Gasteiger charge is -2.25. The molecule has 0 saturated carbocycles. The smallest absolute Gasteiger partial charge is 0.222 e. The molecule has 2 N–H and O–H groups in total. The molecule has 1 aromatic heterocycles. The number of amides is 1. The summed E-state index contributed by atoms with van der Waals surface area (Å²) in [4.78, 5) is 18.6. The Morgan fingerprint density at radius 3 is 2.86 bits per heavy atom. The van der Waals surface area contributed by atoms with Crippen LogP contribution in [0.2, 0.25) is 0 Å². The SMILES string of the molecule is Nc1nc2ccccc2cc1CN1CCCCCCC1=O. The Balaban J connectivity index is 1.85. The molecule has 2 heterocycles. The highest BCUT2D eigenvalue weighted by molar-refractivity contribution is 5.82. The maximum Gasteiger partial charge on any atom is 0.222 e. The minimum Gasteiger partial charge on any atom is -0.383 e. The molecule has 2 aromatic rings. The topological polar surface area (TPSA) is 59.2 Å². The van der Waals surface area contributed by atoms with Gasteiger partial charge in [0.15, 0.2) is 0 Å². The van der Waals surface area contributed by atoms with Crippen LogP contribution in [-0.4, -0.2) is 22.3 Å². The summed E-state index contributed by atoms with van der Waals surface area (Å²) >= 11 is 0. The van der Waals surface area contributed by atoms with Crippen LogP contribution >= 0.6 is 0 Å². The number of nitrogens with two attached hydrogens (primary N) is 1. The number of carbonyl (C=O) groups is 1. The number of likely N-dealkylation sites (tertiary alicyclic amines) is 1. The predicted molar refractivity (Wildman–Crippen MR) is 84.7 cm³/mol. The van der Waals surface area contributed by atoms with E-state index in [0.29, 0.717) is 18.8 Å². The number of nitrogen functional groups attached to an aromatic ring is 1. The highest BCUT2D eigenvalue weighted by atomic mass is 16.2. The van der Waals surface area contributed by atoms with E-state index in [2.05, 4.69) is 11.1 Å². The van der Waals surface area contributed by atoms with Crippen molar-refractivity contribution in [3.63, 3.8) is 0 Å². The van der Waals surface area contributed by atoms with E-state index in [1.165, 1.54) is 12.8 Å². The van der Waals surface area contributed by atoms with Gasteiger partial charge in [0, 0.05) is 30.5 Å². The normalized spacial score (nSPS) is 16.8. The summed E-state index contributed by atoms with van der Waals surface area (Å²) in [7, 11) is 0. The van der Waals surface area contributed by atoms with Crippen LogP contribution in [0.5, 0.6) is 0 Å². The second-order valence-electron chi connectivity index (χ2n) is 5.70. The van der Waals surface area contributed by atoms with Crippen LogP contribution in [0.3, 0.4) is 0 Å². The Morgan fingerprint density at radius 1 is 1.14 bits per heavy atom. The van der Waals surface area contributed by atoms with Gasteiger partial charge in [0.25, 0.3) is 0 Å². The Labute approximate surface area is 125 Å². The summed E-state index contributed by atoms with van der Waals surface area (Å²) in [5, 5.41) is 1.07. The number of carbonyl (C=O) groups excluding carboxylic acids is 1. The lowest BCUT2D eigenvalue weighted by atomic mass is 10.1. The summed E-state index contributed by atoms with van der Waals surface area (Å²) in [5.74, 6) is 0.769. The van der Waals surface area contributed by atoms with E-state index in [4.69, 9.17) is 5.73 Å². The number of nitrogens with zero attached hydrogens (tertiary/aromatic N) is 2. The molecule has 0 spiro atoms. The Kier molecular flexibility index (Phi) is 4.04. The van der Waals surface area contributed by atoms with Crippen LogP contribution in [0, 0.1) is 0 Å². The van der Waals surface area contributed by atoms with Gasteiger partial charge in [-0.05, 0) is 25.0 Å². The zero-order chi connectivity index (χ0) is 14.7. The van der Waals surface area contributed by atoms with E-state index in [1.807, 2.05) is 29.2 Å². The van der Waals surface area contributed by atoms with Gasteiger partial charge in [0.05, 0.1) is 5.52 Å². The number of pyridine rings is 1. The summed E-state index contributed by atoms with van der Waals surface area (Å²) in [6.45, 7) is 1.40. The number of hydrogen-bond acceptors (Lipinski definition) is 3. The zero-order valence-electron chi connectivity index (χ0n) is 12.2. The lowest BCUT2D eigenvalue weighted by Crippen LogP contribution is -2.32. The first kappa shape index (κ1) is 13.9. The summed E-state index contributed by atoms with van der Waals surface area (Å²) in [6.07, 6.45) is 5.10. The van der Waals surface area contributed by atoms with Crippen molar-refractivity contribution in [2.24, 2.45) is 0 Å². The molecule has 0 unspecified atom stereocenters. The summed E-state index contributed by atoms with van der Waals surface area (Å²) in [5.41, 5.74) is 7.92. The Morgan fingerprint density at radius 2 is 1.95 bits per heavy atom. The van der Waals surface area contributed by atoms with Crippen LogP contribution in [0.25, 0.3) is 10.9 Å².